The Morgan fingerprint density at radius 1 is 1.03 bits per heavy atom. The van der Waals surface area contributed by atoms with Crippen molar-refractivity contribution >= 4 is 33.3 Å². The molecule has 0 amide bonds. The summed E-state index contributed by atoms with van der Waals surface area (Å²) in [4.78, 5) is 4.69. The van der Waals surface area contributed by atoms with Crippen molar-refractivity contribution in [3.63, 3.8) is 0 Å². The predicted octanol–water partition coefficient (Wildman–Crippen LogP) is 4.91. The Bertz CT molecular complexity index is 1250. The maximum Gasteiger partial charge on any atom is 0.338 e. The number of rotatable bonds is 5. The number of hydrogen-bond acceptors (Lipinski definition) is 7. The summed E-state index contributed by atoms with van der Waals surface area (Å²) in [6.07, 6.45) is 1.27. The molecule has 4 rings (SSSR count). The molecule has 1 aliphatic rings. The normalized spacial score (nSPS) is 16.2. The molecule has 0 atom stereocenters. The van der Waals surface area contributed by atoms with E-state index in [1.165, 1.54) is 30.2 Å². The standard InChI is InChI=1S/C23H21N3O3S2/c1-16-8-11-20(12-9-16)31(27,28)29-14-18-15-30-23-21(13-10-17(2)24-23)22(18)26-25-19-6-4-3-5-7-19/h3-14,25H,15H2,1-2H3/b18-14-,26-22+. The Morgan fingerprint density at radius 3 is 2.52 bits per heavy atom. The maximum absolute atomic E-state index is 12.6. The van der Waals surface area contributed by atoms with Crippen LogP contribution in [-0.2, 0) is 14.3 Å². The number of anilines is 1. The molecule has 0 radical (unpaired) electrons. The third-order valence-corrected chi connectivity index (χ3v) is 6.86. The minimum atomic E-state index is -3.93. The van der Waals surface area contributed by atoms with E-state index in [0.717, 1.165) is 27.5 Å². The summed E-state index contributed by atoms with van der Waals surface area (Å²) in [5, 5.41) is 5.41. The van der Waals surface area contributed by atoms with Gasteiger partial charge in [-0.1, -0.05) is 35.9 Å². The molecule has 0 bridgehead atoms. The number of aromatic nitrogens is 1. The van der Waals surface area contributed by atoms with E-state index < -0.39 is 10.1 Å². The van der Waals surface area contributed by atoms with Crippen molar-refractivity contribution in [1.29, 1.82) is 0 Å². The molecule has 0 fully saturated rings. The van der Waals surface area contributed by atoms with Crippen molar-refractivity contribution in [3.05, 3.63) is 95.4 Å². The molecule has 0 saturated heterocycles. The van der Waals surface area contributed by atoms with Crippen LogP contribution in [0.5, 0.6) is 0 Å². The number of para-hydroxylation sites is 1. The van der Waals surface area contributed by atoms with E-state index in [0.29, 0.717) is 17.0 Å². The van der Waals surface area contributed by atoms with Crippen LogP contribution in [0, 0.1) is 13.8 Å². The van der Waals surface area contributed by atoms with Gasteiger partial charge in [0.05, 0.1) is 5.69 Å². The van der Waals surface area contributed by atoms with Gasteiger partial charge >= 0.3 is 10.1 Å². The van der Waals surface area contributed by atoms with Gasteiger partial charge in [0.2, 0.25) is 0 Å². The summed E-state index contributed by atoms with van der Waals surface area (Å²) in [6.45, 7) is 3.83. The van der Waals surface area contributed by atoms with Gasteiger partial charge < -0.3 is 4.18 Å². The van der Waals surface area contributed by atoms with Crippen LogP contribution in [0.3, 0.4) is 0 Å². The lowest BCUT2D eigenvalue weighted by atomic mass is 10.1. The average molecular weight is 452 g/mol. The molecule has 0 saturated carbocycles. The van der Waals surface area contributed by atoms with Crippen molar-refractivity contribution in [2.45, 2.75) is 23.8 Å². The molecule has 1 N–H and O–H groups in total. The quantitative estimate of drug-likeness (QED) is 0.337. The summed E-state index contributed by atoms with van der Waals surface area (Å²) in [5.74, 6) is 0.488. The first-order valence-corrected chi connectivity index (χ1v) is 12.0. The zero-order chi connectivity index (χ0) is 21.8. The number of benzene rings is 2. The van der Waals surface area contributed by atoms with Crippen molar-refractivity contribution in [3.8, 4) is 0 Å². The lowest BCUT2D eigenvalue weighted by Crippen LogP contribution is -2.18. The Morgan fingerprint density at radius 2 is 1.77 bits per heavy atom. The van der Waals surface area contributed by atoms with Crippen LogP contribution < -0.4 is 5.43 Å². The van der Waals surface area contributed by atoms with Gasteiger partial charge in [-0.25, -0.2) is 4.98 Å². The number of aryl methyl sites for hydroxylation is 2. The molecule has 6 nitrogen and oxygen atoms in total. The first-order valence-electron chi connectivity index (χ1n) is 9.61. The maximum atomic E-state index is 12.6. The number of fused-ring (bicyclic) bond motifs is 1. The summed E-state index contributed by atoms with van der Waals surface area (Å²) in [5.41, 5.74) is 7.83. The minimum Gasteiger partial charge on any atom is -0.387 e. The number of nitrogens with zero attached hydrogens (tertiary/aromatic N) is 2. The molecule has 0 spiro atoms. The Hall–Kier alpha value is -3.10. The number of hydrazone groups is 1. The summed E-state index contributed by atoms with van der Waals surface area (Å²) < 4.78 is 30.5. The van der Waals surface area contributed by atoms with Gasteiger partial charge in [-0.3, -0.25) is 5.43 Å². The number of pyridine rings is 1. The first-order chi connectivity index (χ1) is 14.9. The topological polar surface area (TPSA) is 80.7 Å². The van der Waals surface area contributed by atoms with Gasteiger partial charge in [0.25, 0.3) is 0 Å². The van der Waals surface area contributed by atoms with Crippen molar-refractivity contribution in [1.82, 2.24) is 4.98 Å². The molecule has 158 valence electrons. The van der Waals surface area contributed by atoms with Crippen LogP contribution in [0.25, 0.3) is 0 Å². The summed E-state index contributed by atoms with van der Waals surface area (Å²) in [6, 6.07) is 19.9. The molecule has 0 unspecified atom stereocenters. The smallest absolute Gasteiger partial charge is 0.338 e. The molecular formula is C23H21N3O3S2. The summed E-state index contributed by atoms with van der Waals surface area (Å²) in [7, 11) is -3.93. The molecule has 3 aromatic rings. The lowest BCUT2D eigenvalue weighted by molar-refractivity contribution is 0.441. The fourth-order valence-electron chi connectivity index (χ4n) is 2.95. The van der Waals surface area contributed by atoms with Crippen molar-refractivity contribution < 1.29 is 12.6 Å². The van der Waals surface area contributed by atoms with Gasteiger partial charge in [0.1, 0.15) is 21.9 Å². The highest BCUT2D eigenvalue weighted by molar-refractivity contribution is 7.99. The minimum absolute atomic E-state index is 0.108. The predicted molar refractivity (Wildman–Crippen MR) is 124 cm³/mol. The Kier molecular flexibility index (Phi) is 6.11. The van der Waals surface area contributed by atoms with Crippen LogP contribution in [0.1, 0.15) is 16.8 Å². The second-order valence-corrected chi connectivity index (χ2v) is 9.57. The number of thioether (sulfide) groups is 1. The SMILES string of the molecule is Cc1ccc(S(=O)(=O)O/C=C2/CSc3nc(C)ccc3/C2=N/Nc2ccccc2)cc1. The van der Waals surface area contributed by atoms with Crippen molar-refractivity contribution in [2.75, 3.05) is 11.2 Å². The molecule has 0 aliphatic carbocycles. The summed E-state index contributed by atoms with van der Waals surface area (Å²) >= 11 is 1.52. The largest absolute Gasteiger partial charge is 0.387 e. The van der Waals surface area contributed by atoms with Gasteiger partial charge in [0.15, 0.2) is 0 Å². The fraction of sp³-hybridized carbons (Fsp3) is 0.130. The van der Waals surface area contributed by atoms with E-state index >= 15 is 0 Å². The van der Waals surface area contributed by atoms with Gasteiger partial charge in [0, 0.05) is 22.6 Å². The van der Waals surface area contributed by atoms with Crippen LogP contribution in [-0.4, -0.2) is 24.9 Å². The van der Waals surface area contributed by atoms with E-state index in [-0.39, 0.29) is 4.90 Å². The lowest BCUT2D eigenvalue weighted by Gasteiger charge is -2.20. The third-order valence-electron chi connectivity index (χ3n) is 4.62. The monoisotopic (exact) mass is 451 g/mol. The van der Waals surface area contributed by atoms with Crippen LogP contribution >= 0.6 is 11.8 Å². The van der Waals surface area contributed by atoms with Gasteiger partial charge in [-0.05, 0) is 50.2 Å². The second-order valence-electron chi connectivity index (χ2n) is 7.04. The molecule has 1 aliphatic heterocycles. The average Bonchev–Trinajstić information content (AvgIpc) is 2.77. The third kappa shape index (κ3) is 4.98. The molecule has 2 aromatic carbocycles. The van der Waals surface area contributed by atoms with E-state index in [1.807, 2.05) is 56.3 Å². The van der Waals surface area contributed by atoms with Gasteiger partial charge in [-0.2, -0.15) is 13.5 Å². The van der Waals surface area contributed by atoms with E-state index in [2.05, 4.69) is 15.5 Å². The fourth-order valence-corrected chi connectivity index (χ4v) is 4.80. The Labute approximate surface area is 186 Å². The zero-order valence-corrected chi connectivity index (χ0v) is 18.7. The van der Waals surface area contributed by atoms with Crippen molar-refractivity contribution in [2.24, 2.45) is 5.10 Å². The highest BCUT2D eigenvalue weighted by Gasteiger charge is 2.24. The molecule has 1 aromatic heterocycles. The highest BCUT2D eigenvalue weighted by Crippen LogP contribution is 2.32. The molecule has 2 heterocycles. The number of nitrogens with one attached hydrogen (secondary N) is 1. The molecule has 8 heteroatoms. The zero-order valence-electron chi connectivity index (χ0n) is 17.1. The first kappa shape index (κ1) is 21.1. The van der Waals surface area contributed by atoms with E-state index in [1.54, 1.807) is 12.1 Å². The van der Waals surface area contributed by atoms with E-state index in [4.69, 9.17) is 4.18 Å². The second kappa shape index (κ2) is 8.95. The van der Waals surface area contributed by atoms with Gasteiger partial charge in [-0.15, -0.1) is 11.8 Å². The number of hydrogen-bond donors (Lipinski definition) is 1. The van der Waals surface area contributed by atoms with Crippen LogP contribution in [0.4, 0.5) is 5.69 Å². The highest BCUT2D eigenvalue weighted by atomic mass is 32.2. The molecular weight excluding hydrogens is 430 g/mol. The Balaban J connectivity index is 1.67. The molecule has 31 heavy (non-hydrogen) atoms. The van der Waals surface area contributed by atoms with Crippen LogP contribution in [0.2, 0.25) is 0 Å². The van der Waals surface area contributed by atoms with Crippen LogP contribution in [0.15, 0.2) is 93.6 Å². The van der Waals surface area contributed by atoms with E-state index in [9.17, 15) is 8.42 Å².